The number of phenols is 1. The van der Waals surface area contributed by atoms with E-state index in [0.717, 1.165) is 17.0 Å². The first-order valence-corrected chi connectivity index (χ1v) is 6.67. The predicted octanol–water partition coefficient (Wildman–Crippen LogP) is 3.58. The zero-order valence-corrected chi connectivity index (χ0v) is 12.0. The molecule has 2 aromatic carbocycles. The van der Waals surface area contributed by atoms with Gasteiger partial charge in [-0.1, -0.05) is 30.9 Å². The molecular weight excluding hydrogens is 266 g/mol. The van der Waals surface area contributed by atoms with Gasteiger partial charge in [0.1, 0.15) is 12.4 Å². The Balaban J connectivity index is 2.05. The van der Waals surface area contributed by atoms with Crippen LogP contribution in [0.25, 0.3) is 0 Å². The lowest BCUT2D eigenvalue weighted by Crippen LogP contribution is -2.03. The molecule has 0 fully saturated rings. The Bertz CT molecular complexity index is 611. The highest BCUT2D eigenvalue weighted by Gasteiger charge is 2.05. The molecule has 2 rings (SSSR count). The molecule has 0 unspecified atom stereocenters. The van der Waals surface area contributed by atoms with Gasteiger partial charge in [-0.2, -0.15) is 0 Å². The molecular formula is C17H19NO3. The number of hydrogen-bond donors (Lipinski definition) is 2. The summed E-state index contributed by atoms with van der Waals surface area (Å²) < 4.78 is 10.6. The lowest BCUT2D eigenvalue weighted by atomic mass is 10.2. The minimum absolute atomic E-state index is 0.110. The molecule has 0 saturated carbocycles. The van der Waals surface area contributed by atoms with Crippen LogP contribution in [0.5, 0.6) is 17.2 Å². The summed E-state index contributed by atoms with van der Waals surface area (Å²) in [5, 5.41) is 13.0. The minimum atomic E-state index is 0.110. The van der Waals surface area contributed by atoms with Gasteiger partial charge in [0.15, 0.2) is 11.5 Å². The second-order valence-electron chi connectivity index (χ2n) is 4.45. The Morgan fingerprint density at radius 2 is 2.00 bits per heavy atom. The van der Waals surface area contributed by atoms with E-state index in [1.807, 2.05) is 30.3 Å². The summed E-state index contributed by atoms with van der Waals surface area (Å²) in [6.45, 7) is 4.71. The van der Waals surface area contributed by atoms with Gasteiger partial charge in [-0.3, -0.25) is 0 Å². The number of aromatic hydroxyl groups is 1. The van der Waals surface area contributed by atoms with Crippen LogP contribution in [0.15, 0.2) is 55.1 Å². The summed E-state index contributed by atoms with van der Waals surface area (Å²) >= 11 is 0. The Morgan fingerprint density at radius 3 is 2.71 bits per heavy atom. The SMILES string of the molecule is C=CCOc1ccccc1CNc1ccc(OC)c(O)c1. The summed E-state index contributed by atoms with van der Waals surface area (Å²) in [7, 11) is 1.52. The molecule has 0 aliphatic rings. The number of anilines is 1. The predicted molar refractivity (Wildman–Crippen MR) is 84.1 cm³/mol. The largest absolute Gasteiger partial charge is 0.504 e. The van der Waals surface area contributed by atoms with Crippen molar-refractivity contribution in [2.75, 3.05) is 19.0 Å². The third-order valence-corrected chi connectivity index (χ3v) is 2.99. The second-order valence-corrected chi connectivity index (χ2v) is 4.45. The van der Waals surface area contributed by atoms with E-state index in [1.54, 1.807) is 18.2 Å². The van der Waals surface area contributed by atoms with E-state index in [2.05, 4.69) is 11.9 Å². The molecule has 110 valence electrons. The lowest BCUT2D eigenvalue weighted by Gasteiger charge is -2.12. The fourth-order valence-corrected chi connectivity index (χ4v) is 1.94. The first-order chi connectivity index (χ1) is 10.2. The quantitative estimate of drug-likeness (QED) is 0.763. The molecule has 0 amide bonds. The van der Waals surface area contributed by atoms with Crippen LogP contribution in [0.2, 0.25) is 0 Å². The molecule has 4 nitrogen and oxygen atoms in total. The van der Waals surface area contributed by atoms with Crippen LogP contribution in [0.1, 0.15) is 5.56 Å². The van der Waals surface area contributed by atoms with Crippen LogP contribution < -0.4 is 14.8 Å². The van der Waals surface area contributed by atoms with Crippen LogP contribution >= 0.6 is 0 Å². The van der Waals surface area contributed by atoms with Crippen LogP contribution in [0.3, 0.4) is 0 Å². The number of ether oxygens (including phenoxy) is 2. The van der Waals surface area contributed by atoms with Gasteiger partial charge in [0.25, 0.3) is 0 Å². The topological polar surface area (TPSA) is 50.7 Å². The highest BCUT2D eigenvalue weighted by atomic mass is 16.5. The van der Waals surface area contributed by atoms with Gasteiger partial charge in [-0.15, -0.1) is 0 Å². The molecule has 0 aliphatic heterocycles. The highest BCUT2D eigenvalue weighted by Crippen LogP contribution is 2.29. The maximum atomic E-state index is 9.76. The number of rotatable bonds is 7. The molecule has 0 radical (unpaired) electrons. The van der Waals surface area contributed by atoms with Crippen LogP contribution in [0, 0.1) is 0 Å². The van der Waals surface area contributed by atoms with Crippen molar-refractivity contribution < 1.29 is 14.6 Å². The van der Waals surface area contributed by atoms with Crippen molar-refractivity contribution >= 4 is 5.69 Å². The third-order valence-electron chi connectivity index (χ3n) is 2.99. The minimum Gasteiger partial charge on any atom is -0.504 e. The first-order valence-electron chi connectivity index (χ1n) is 6.67. The molecule has 4 heteroatoms. The Morgan fingerprint density at radius 1 is 1.19 bits per heavy atom. The van der Waals surface area contributed by atoms with E-state index in [0.29, 0.717) is 18.9 Å². The highest BCUT2D eigenvalue weighted by molar-refractivity contribution is 5.54. The van der Waals surface area contributed by atoms with Crippen LogP contribution in [-0.2, 0) is 6.54 Å². The summed E-state index contributed by atoms with van der Waals surface area (Å²) in [5.41, 5.74) is 1.85. The van der Waals surface area contributed by atoms with E-state index in [-0.39, 0.29) is 5.75 Å². The average molecular weight is 285 g/mol. The third kappa shape index (κ3) is 3.92. The molecule has 0 aliphatic carbocycles. The average Bonchev–Trinajstić information content (AvgIpc) is 2.52. The molecule has 0 bridgehead atoms. The van der Waals surface area contributed by atoms with Crippen LogP contribution in [-0.4, -0.2) is 18.8 Å². The summed E-state index contributed by atoms with van der Waals surface area (Å²) in [5.74, 6) is 1.39. The fraction of sp³-hybridized carbons (Fsp3) is 0.176. The van der Waals surface area contributed by atoms with Crippen molar-refractivity contribution in [1.29, 1.82) is 0 Å². The van der Waals surface area contributed by atoms with Crippen molar-refractivity contribution in [3.8, 4) is 17.2 Å². The maximum absolute atomic E-state index is 9.76. The molecule has 0 atom stereocenters. The van der Waals surface area contributed by atoms with E-state index in [9.17, 15) is 5.11 Å². The summed E-state index contributed by atoms with van der Waals surface area (Å²) in [6, 6.07) is 13.0. The molecule has 0 heterocycles. The fourth-order valence-electron chi connectivity index (χ4n) is 1.94. The van der Waals surface area contributed by atoms with Gasteiger partial charge >= 0.3 is 0 Å². The van der Waals surface area contributed by atoms with E-state index < -0.39 is 0 Å². The molecule has 0 aromatic heterocycles. The van der Waals surface area contributed by atoms with Gasteiger partial charge in [0, 0.05) is 23.9 Å². The number of phenolic OH excluding ortho intramolecular Hbond substituents is 1. The van der Waals surface area contributed by atoms with Crippen molar-refractivity contribution in [2.45, 2.75) is 6.54 Å². The van der Waals surface area contributed by atoms with E-state index in [1.165, 1.54) is 7.11 Å². The number of nitrogens with one attached hydrogen (secondary N) is 1. The van der Waals surface area contributed by atoms with E-state index in [4.69, 9.17) is 9.47 Å². The standard InChI is InChI=1S/C17H19NO3/c1-3-10-21-16-7-5-4-6-13(16)12-18-14-8-9-17(20-2)15(19)11-14/h3-9,11,18-19H,1,10,12H2,2H3. The Kier molecular flexibility index (Phi) is 5.10. The van der Waals surface area contributed by atoms with Gasteiger partial charge in [-0.25, -0.2) is 0 Å². The number of hydrogen-bond acceptors (Lipinski definition) is 4. The van der Waals surface area contributed by atoms with Gasteiger partial charge in [-0.05, 0) is 18.2 Å². The zero-order valence-electron chi connectivity index (χ0n) is 12.0. The van der Waals surface area contributed by atoms with Gasteiger partial charge in [0.05, 0.1) is 7.11 Å². The number of benzene rings is 2. The number of para-hydroxylation sites is 1. The smallest absolute Gasteiger partial charge is 0.160 e. The molecule has 21 heavy (non-hydrogen) atoms. The lowest BCUT2D eigenvalue weighted by molar-refractivity contribution is 0.359. The van der Waals surface area contributed by atoms with Crippen molar-refractivity contribution in [2.24, 2.45) is 0 Å². The molecule has 0 saturated heterocycles. The molecule has 2 aromatic rings. The van der Waals surface area contributed by atoms with Gasteiger partial charge < -0.3 is 19.9 Å². The first kappa shape index (κ1) is 14.8. The van der Waals surface area contributed by atoms with Crippen molar-refractivity contribution in [3.63, 3.8) is 0 Å². The van der Waals surface area contributed by atoms with Crippen LogP contribution in [0.4, 0.5) is 5.69 Å². The van der Waals surface area contributed by atoms with Crippen molar-refractivity contribution in [1.82, 2.24) is 0 Å². The zero-order chi connectivity index (χ0) is 15.1. The normalized spacial score (nSPS) is 9.95. The van der Waals surface area contributed by atoms with Crippen molar-refractivity contribution in [3.05, 3.63) is 60.7 Å². The maximum Gasteiger partial charge on any atom is 0.160 e. The molecule has 2 N–H and O–H groups in total. The van der Waals surface area contributed by atoms with Gasteiger partial charge in [0.2, 0.25) is 0 Å². The Hall–Kier alpha value is -2.62. The summed E-state index contributed by atoms with van der Waals surface area (Å²) in [6.07, 6.45) is 1.71. The number of methoxy groups -OCH3 is 1. The summed E-state index contributed by atoms with van der Waals surface area (Å²) in [4.78, 5) is 0. The molecule has 0 spiro atoms. The Labute approximate surface area is 124 Å². The second kappa shape index (κ2) is 7.24. The van der Waals surface area contributed by atoms with E-state index >= 15 is 0 Å². The monoisotopic (exact) mass is 285 g/mol.